The Kier molecular flexibility index (Phi) is 5.56. The van der Waals surface area contributed by atoms with Gasteiger partial charge in [-0.05, 0) is 69.1 Å². The van der Waals surface area contributed by atoms with Gasteiger partial charge in [0.1, 0.15) is 5.60 Å². The lowest BCUT2D eigenvalue weighted by Gasteiger charge is -2.54. The van der Waals surface area contributed by atoms with Gasteiger partial charge in [-0.1, -0.05) is 66.7 Å². The molecule has 4 heteroatoms. The first-order valence-corrected chi connectivity index (χ1v) is 13.2. The summed E-state index contributed by atoms with van der Waals surface area (Å²) in [6, 6.07) is 30.7. The van der Waals surface area contributed by atoms with Crippen molar-refractivity contribution in [2.75, 3.05) is 20.7 Å². The molecule has 3 aromatic carbocycles. The van der Waals surface area contributed by atoms with Gasteiger partial charge in [0.05, 0.1) is 12.3 Å². The topological polar surface area (TPSA) is 28.3 Å². The smallest absolute Gasteiger partial charge is 0.120 e. The van der Waals surface area contributed by atoms with Crippen molar-refractivity contribution in [3.8, 4) is 0 Å². The van der Waals surface area contributed by atoms with Gasteiger partial charge in [0.15, 0.2) is 0 Å². The molecule has 1 saturated carbocycles. The quantitative estimate of drug-likeness (QED) is 0.360. The van der Waals surface area contributed by atoms with Crippen LogP contribution in [0.15, 0.2) is 89.8 Å². The Bertz CT molecular complexity index is 1290. The average Bonchev–Trinajstić information content (AvgIpc) is 3.27. The number of rotatable bonds is 4. The molecule has 0 bridgehead atoms. The summed E-state index contributed by atoms with van der Waals surface area (Å²) in [5.41, 5.74) is 5.06. The molecule has 1 fully saturated rings. The van der Waals surface area contributed by atoms with E-state index in [1.165, 1.54) is 32.6 Å². The zero-order chi connectivity index (χ0) is 23.2. The minimum Gasteiger partial charge on any atom is -0.367 e. The molecule has 174 valence electrons. The predicted molar refractivity (Wildman–Crippen MR) is 141 cm³/mol. The van der Waals surface area contributed by atoms with E-state index in [1.807, 2.05) is 11.8 Å². The van der Waals surface area contributed by atoms with Crippen molar-refractivity contribution in [3.05, 3.63) is 102 Å². The van der Waals surface area contributed by atoms with E-state index in [0.29, 0.717) is 0 Å². The van der Waals surface area contributed by atoms with Crippen molar-refractivity contribution in [3.63, 3.8) is 0 Å². The Morgan fingerprint density at radius 2 is 1.59 bits per heavy atom. The highest BCUT2D eigenvalue weighted by molar-refractivity contribution is 8.00. The Hall–Kier alpha value is -2.53. The van der Waals surface area contributed by atoms with Crippen LogP contribution in [0.4, 0.5) is 0 Å². The second-order valence-corrected chi connectivity index (χ2v) is 11.2. The number of hydrogen-bond donors (Lipinski definition) is 1. The molecule has 0 radical (unpaired) electrons. The Morgan fingerprint density at radius 1 is 0.882 bits per heavy atom. The Labute approximate surface area is 206 Å². The van der Waals surface area contributed by atoms with Gasteiger partial charge in [-0.25, -0.2) is 0 Å². The van der Waals surface area contributed by atoms with Crippen LogP contribution < -0.4 is 0 Å². The first kappa shape index (κ1) is 22.0. The van der Waals surface area contributed by atoms with Crippen LogP contribution in [-0.4, -0.2) is 35.8 Å². The highest BCUT2D eigenvalue weighted by Crippen LogP contribution is 2.57. The van der Waals surface area contributed by atoms with E-state index < -0.39 is 0 Å². The van der Waals surface area contributed by atoms with Crippen molar-refractivity contribution in [2.45, 2.75) is 47.0 Å². The summed E-state index contributed by atoms with van der Waals surface area (Å²) in [7, 11) is 4.48. The summed E-state index contributed by atoms with van der Waals surface area (Å²) < 4.78 is 6.89. The van der Waals surface area contributed by atoms with Gasteiger partial charge in [-0.3, -0.25) is 4.90 Å². The Morgan fingerprint density at radius 3 is 2.35 bits per heavy atom. The van der Waals surface area contributed by atoms with Crippen LogP contribution >= 0.6 is 11.8 Å². The van der Waals surface area contributed by atoms with E-state index >= 15 is 0 Å². The van der Waals surface area contributed by atoms with E-state index in [2.05, 4.69) is 109 Å². The van der Waals surface area contributed by atoms with Crippen LogP contribution in [0, 0.1) is 0 Å². The van der Waals surface area contributed by atoms with Crippen molar-refractivity contribution in [2.24, 2.45) is 0 Å². The molecule has 3 nitrogen and oxygen atoms in total. The summed E-state index contributed by atoms with van der Waals surface area (Å²) in [5.74, 6) is 0. The van der Waals surface area contributed by atoms with Gasteiger partial charge in [0.2, 0.25) is 0 Å². The lowest BCUT2D eigenvalue weighted by Crippen LogP contribution is -2.56. The minimum atomic E-state index is -0.318. The molecule has 4 aromatic rings. The van der Waals surface area contributed by atoms with Crippen molar-refractivity contribution in [1.82, 2.24) is 9.88 Å². The standard InChI is InChI=1S/C30H32N2OS/c1-32(2)29(22-11-5-3-6-12-22)18-19-30(27(21-29)34-23-13-7-4-8-14-23)28-25(17-20-33-30)24-15-9-10-16-26(24)31-28/h3-16,27,31H,17-21H2,1-2H3. The third-order valence-electron chi connectivity index (χ3n) is 8.09. The monoisotopic (exact) mass is 468 g/mol. The third-order valence-corrected chi connectivity index (χ3v) is 9.47. The average molecular weight is 469 g/mol. The third kappa shape index (κ3) is 3.43. The number of fused-ring (bicyclic) bond motifs is 4. The zero-order valence-corrected chi connectivity index (χ0v) is 20.8. The number of nitrogens with one attached hydrogen (secondary N) is 1. The van der Waals surface area contributed by atoms with Gasteiger partial charge in [-0.2, -0.15) is 0 Å². The maximum atomic E-state index is 6.89. The second-order valence-electron chi connectivity index (χ2n) is 9.93. The van der Waals surface area contributed by atoms with Gasteiger partial charge >= 0.3 is 0 Å². The van der Waals surface area contributed by atoms with Crippen molar-refractivity contribution in [1.29, 1.82) is 0 Å². The lowest BCUT2D eigenvalue weighted by molar-refractivity contribution is -0.108. The van der Waals surface area contributed by atoms with E-state index in [0.717, 1.165) is 32.3 Å². The molecule has 1 aliphatic carbocycles. The summed E-state index contributed by atoms with van der Waals surface area (Å²) in [5, 5.41) is 1.63. The number of ether oxygens (including phenoxy) is 1. The molecule has 1 spiro atoms. The summed E-state index contributed by atoms with van der Waals surface area (Å²) in [4.78, 5) is 7.59. The number of thioether (sulfide) groups is 1. The van der Waals surface area contributed by atoms with E-state index in [-0.39, 0.29) is 16.4 Å². The SMILES string of the molecule is CN(C)C1(c2ccccc2)CCC2(OCCc3c2[nH]c2ccccc32)C(Sc2ccccc2)C1. The molecular weight excluding hydrogens is 436 g/mol. The lowest BCUT2D eigenvalue weighted by atomic mass is 9.67. The summed E-state index contributed by atoms with van der Waals surface area (Å²) in [6.07, 6.45) is 4.05. The van der Waals surface area contributed by atoms with E-state index in [9.17, 15) is 0 Å². The van der Waals surface area contributed by atoms with Gasteiger partial charge in [0, 0.05) is 26.6 Å². The molecule has 3 atom stereocenters. The molecular formula is C30H32N2OS. The van der Waals surface area contributed by atoms with E-state index in [1.54, 1.807) is 0 Å². The first-order valence-electron chi connectivity index (χ1n) is 12.3. The van der Waals surface area contributed by atoms with E-state index in [4.69, 9.17) is 4.74 Å². The molecule has 0 saturated heterocycles. The number of benzene rings is 3. The Balaban J connectivity index is 1.50. The molecule has 1 N–H and O–H groups in total. The largest absolute Gasteiger partial charge is 0.367 e. The van der Waals surface area contributed by atoms with Crippen LogP contribution in [0.2, 0.25) is 0 Å². The molecule has 3 unspecified atom stereocenters. The number of hydrogen-bond acceptors (Lipinski definition) is 3. The maximum absolute atomic E-state index is 6.89. The van der Waals surface area contributed by atoms with Crippen LogP contribution in [0.5, 0.6) is 0 Å². The molecule has 6 rings (SSSR count). The summed E-state index contributed by atoms with van der Waals surface area (Å²) in [6.45, 7) is 0.779. The maximum Gasteiger partial charge on any atom is 0.120 e. The van der Waals surface area contributed by atoms with Crippen molar-refractivity contribution >= 4 is 22.7 Å². The van der Waals surface area contributed by atoms with Gasteiger partial charge in [0.25, 0.3) is 0 Å². The first-order chi connectivity index (χ1) is 16.6. The molecule has 2 aliphatic rings. The molecule has 1 aliphatic heterocycles. The number of para-hydroxylation sites is 1. The van der Waals surface area contributed by atoms with Crippen LogP contribution in [0.3, 0.4) is 0 Å². The fourth-order valence-electron chi connectivity index (χ4n) is 6.28. The second kappa shape index (κ2) is 8.60. The summed E-state index contributed by atoms with van der Waals surface area (Å²) >= 11 is 1.99. The van der Waals surface area contributed by atoms with Gasteiger partial charge < -0.3 is 9.72 Å². The highest BCUT2D eigenvalue weighted by atomic mass is 32.2. The van der Waals surface area contributed by atoms with Gasteiger partial charge in [-0.15, -0.1) is 11.8 Å². The fraction of sp³-hybridized carbons (Fsp3) is 0.333. The molecule has 0 amide bonds. The predicted octanol–water partition coefficient (Wildman–Crippen LogP) is 6.74. The molecule has 2 heterocycles. The number of nitrogens with zero attached hydrogens (tertiary/aromatic N) is 1. The number of aromatic nitrogens is 1. The van der Waals surface area contributed by atoms with Crippen LogP contribution in [-0.2, 0) is 22.3 Å². The highest BCUT2D eigenvalue weighted by Gasteiger charge is 2.55. The number of H-pyrrole nitrogens is 1. The van der Waals surface area contributed by atoms with Crippen LogP contribution in [0.1, 0.15) is 36.1 Å². The fourth-order valence-corrected chi connectivity index (χ4v) is 7.78. The molecule has 34 heavy (non-hydrogen) atoms. The molecule has 1 aromatic heterocycles. The number of aromatic amines is 1. The minimum absolute atomic E-state index is 0.0219. The van der Waals surface area contributed by atoms with Crippen molar-refractivity contribution < 1.29 is 4.74 Å². The van der Waals surface area contributed by atoms with Crippen LogP contribution in [0.25, 0.3) is 10.9 Å². The zero-order valence-electron chi connectivity index (χ0n) is 20.0. The normalized spacial score (nSPS) is 26.7.